The van der Waals surface area contributed by atoms with Gasteiger partial charge < -0.3 is 10.2 Å². The molecule has 1 amide bonds. The summed E-state index contributed by atoms with van der Waals surface area (Å²) in [5, 5.41) is 3.41. The minimum Gasteiger partial charge on any atom is -0.349 e. The van der Waals surface area contributed by atoms with Crippen molar-refractivity contribution in [3.05, 3.63) is 35.4 Å². The zero-order chi connectivity index (χ0) is 14.3. The van der Waals surface area contributed by atoms with Crippen molar-refractivity contribution in [1.82, 2.24) is 10.2 Å². The summed E-state index contributed by atoms with van der Waals surface area (Å²) in [5.74, 6) is 0.179. The molecule has 1 N–H and O–H groups in total. The lowest BCUT2D eigenvalue weighted by Gasteiger charge is -2.15. The molecule has 0 aliphatic rings. The summed E-state index contributed by atoms with van der Waals surface area (Å²) in [5.41, 5.74) is 2.70. The van der Waals surface area contributed by atoms with Crippen LogP contribution in [0.5, 0.6) is 0 Å². The van der Waals surface area contributed by atoms with Gasteiger partial charge in [-0.15, -0.1) is 0 Å². The van der Waals surface area contributed by atoms with Crippen molar-refractivity contribution < 1.29 is 4.79 Å². The third-order valence-electron chi connectivity index (χ3n) is 3.28. The Bertz CT molecular complexity index is 401. The lowest BCUT2D eigenvalue weighted by molar-refractivity contribution is -0.128. The smallest absolute Gasteiger partial charge is 0.223 e. The van der Waals surface area contributed by atoms with Gasteiger partial charge in [-0.05, 0) is 32.3 Å². The van der Waals surface area contributed by atoms with E-state index in [0.717, 1.165) is 19.4 Å². The SMILES string of the molecule is Cc1cccc(CCC(C)NCCC(=O)N(C)C)c1. The molecule has 1 aromatic carbocycles. The minimum absolute atomic E-state index is 0.179. The lowest BCUT2D eigenvalue weighted by Crippen LogP contribution is -2.31. The molecule has 106 valence electrons. The van der Waals surface area contributed by atoms with Gasteiger partial charge in [0.15, 0.2) is 0 Å². The van der Waals surface area contributed by atoms with Gasteiger partial charge in [0.05, 0.1) is 0 Å². The van der Waals surface area contributed by atoms with Crippen LogP contribution >= 0.6 is 0 Å². The number of carbonyl (C=O) groups is 1. The van der Waals surface area contributed by atoms with E-state index in [2.05, 4.69) is 43.4 Å². The lowest BCUT2D eigenvalue weighted by atomic mass is 10.0. The summed E-state index contributed by atoms with van der Waals surface area (Å²) in [7, 11) is 3.59. The van der Waals surface area contributed by atoms with Crippen molar-refractivity contribution >= 4 is 5.91 Å². The van der Waals surface area contributed by atoms with Crippen LogP contribution in [-0.4, -0.2) is 37.5 Å². The predicted octanol–water partition coefficient (Wildman–Crippen LogP) is 2.38. The van der Waals surface area contributed by atoms with Crippen LogP contribution in [0.1, 0.15) is 30.9 Å². The summed E-state index contributed by atoms with van der Waals surface area (Å²) in [6.07, 6.45) is 2.75. The Morgan fingerprint density at radius 2 is 2.11 bits per heavy atom. The summed E-state index contributed by atoms with van der Waals surface area (Å²) < 4.78 is 0. The van der Waals surface area contributed by atoms with Crippen LogP contribution in [0.3, 0.4) is 0 Å². The molecule has 1 aromatic rings. The maximum absolute atomic E-state index is 11.4. The maximum Gasteiger partial charge on any atom is 0.223 e. The molecule has 1 rings (SSSR count). The number of hydrogen-bond donors (Lipinski definition) is 1. The molecule has 0 bridgehead atoms. The van der Waals surface area contributed by atoms with Gasteiger partial charge in [0, 0.05) is 33.1 Å². The predicted molar refractivity (Wildman–Crippen MR) is 80.3 cm³/mol. The molecule has 0 aliphatic heterocycles. The number of rotatable bonds is 7. The fraction of sp³-hybridized carbons (Fsp3) is 0.562. The highest BCUT2D eigenvalue weighted by molar-refractivity contribution is 5.75. The number of carbonyl (C=O) groups excluding carboxylic acids is 1. The molecule has 19 heavy (non-hydrogen) atoms. The van der Waals surface area contributed by atoms with Crippen LogP contribution < -0.4 is 5.32 Å². The monoisotopic (exact) mass is 262 g/mol. The third-order valence-corrected chi connectivity index (χ3v) is 3.28. The van der Waals surface area contributed by atoms with Crippen molar-refractivity contribution in [2.75, 3.05) is 20.6 Å². The number of hydrogen-bond acceptors (Lipinski definition) is 2. The summed E-state index contributed by atoms with van der Waals surface area (Å²) >= 11 is 0. The number of nitrogens with one attached hydrogen (secondary N) is 1. The zero-order valence-electron chi connectivity index (χ0n) is 12.6. The Balaban J connectivity index is 2.21. The van der Waals surface area contributed by atoms with Gasteiger partial charge in [0.25, 0.3) is 0 Å². The first kappa shape index (κ1) is 15.7. The van der Waals surface area contributed by atoms with Crippen molar-refractivity contribution in [1.29, 1.82) is 0 Å². The first-order valence-electron chi connectivity index (χ1n) is 6.98. The fourth-order valence-electron chi connectivity index (χ4n) is 2.00. The molecule has 3 nitrogen and oxygen atoms in total. The molecule has 0 aromatic heterocycles. The molecule has 0 radical (unpaired) electrons. The molecule has 0 saturated heterocycles. The van der Waals surface area contributed by atoms with Crippen LogP contribution in [0.4, 0.5) is 0 Å². The highest BCUT2D eigenvalue weighted by Gasteiger charge is 2.06. The molecular weight excluding hydrogens is 236 g/mol. The van der Waals surface area contributed by atoms with E-state index in [4.69, 9.17) is 0 Å². The van der Waals surface area contributed by atoms with Gasteiger partial charge >= 0.3 is 0 Å². The van der Waals surface area contributed by atoms with E-state index in [0.29, 0.717) is 12.5 Å². The second-order valence-corrected chi connectivity index (χ2v) is 5.42. The van der Waals surface area contributed by atoms with E-state index in [1.807, 2.05) is 0 Å². The van der Waals surface area contributed by atoms with Crippen molar-refractivity contribution in [3.8, 4) is 0 Å². The molecule has 0 fully saturated rings. The molecule has 3 heteroatoms. The van der Waals surface area contributed by atoms with Crippen LogP contribution in [0.15, 0.2) is 24.3 Å². The van der Waals surface area contributed by atoms with Gasteiger partial charge in [-0.3, -0.25) is 4.79 Å². The highest BCUT2D eigenvalue weighted by atomic mass is 16.2. The Hall–Kier alpha value is -1.35. The second kappa shape index (κ2) is 7.95. The molecule has 1 unspecified atom stereocenters. The average Bonchev–Trinajstić information content (AvgIpc) is 2.36. The number of nitrogens with zero attached hydrogens (tertiary/aromatic N) is 1. The topological polar surface area (TPSA) is 32.3 Å². The number of amides is 1. The number of benzene rings is 1. The van der Waals surface area contributed by atoms with Crippen LogP contribution in [0.2, 0.25) is 0 Å². The van der Waals surface area contributed by atoms with E-state index in [9.17, 15) is 4.79 Å². The average molecular weight is 262 g/mol. The van der Waals surface area contributed by atoms with E-state index in [1.54, 1.807) is 19.0 Å². The zero-order valence-corrected chi connectivity index (χ0v) is 12.6. The summed E-state index contributed by atoms with van der Waals surface area (Å²) in [6, 6.07) is 9.09. The largest absolute Gasteiger partial charge is 0.349 e. The normalized spacial score (nSPS) is 12.2. The molecule has 1 atom stereocenters. The number of aryl methyl sites for hydroxylation is 2. The van der Waals surface area contributed by atoms with Crippen molar-refractivity contribution in [2.24, 2.45) is 0 Å². The fourth-order valence-corrected chi connectivity index (χ4v) is 2.00. The molecule has 0 aliphatic carbocycles. The van der Waals surface area contributed by atoms with E-state index < -0.39 is 0 Å². The Morgan fingerprint density at radius 3 is 2.74 bits per heavy atom. The van der Waals surface area contributed by atoms with Gasteiger partial charge in [-0.1, -0.05) is 29.8 Å². The summed E-state index contributed by atoms with van der Waals surface area (Å²) in [4.78, 5) is 13.1. The summed E-state index contributed by atoms with van der Waals surface area (Å²) in [6.45, 7) is 5.06. The van der Waals surface area contributed by atoms with E-state index in [-0.39, 0.29) is 5.91 Å². The Kier molecular flexibility index (Phi) is 6.57. The minimum atomic E-state index is 0.179. The quantitative estimate of drug-likeness (QED) is 0.818. The van der Waals surface area contributed by atoms with E-state index >= 15 is 0 Å². The van der Waals surface area contributed by atoms with E-state index in [1.165, 1.54) is 11.1 Å². The van der Waals surface area contributed by atoms with Crippen molar-refractivity contribution in [3.63, 3.8) is 0 Å². The molecular formula is C16H26N2O. The third kappa shape index (κ3) is 6.39. The maximum atomic E-state index is 11.4. The van der Waals surface area contributed by atoms with Gasteiger partial charge in [-0.2, -0.15) is 0 Å². The molecule has 0 heterocycles. The highest BCUT2D eigenvalue weighted by Crippen LogP contribution is 2.08. The second-order valence-electron chi connectivity index (χ2n) is 5.42. The standard InChI is InChI=1S/C16H26N2O/c1-13-6-5-7-15(12-13)9-8-14(2)17-11-10-16(19)18(3)4/h5-7,12,14,17H,8-11H2,1-4H3. The van der Waals surface area contributed by atoms with Crippen LogP contribution in [0.25, 0.3) is 0 Å². The molecule has 0 saturated carbocycles. The first-order valence-corrected chi connectivity index (χ1v) is 6.98. The van der Waals surface area contributed by atoms with Gasteiger partial charge in [-0.25, -0.2) is 0 Å². The van der Waals surface area contributed by atoms with Crippen molar-refractivity contribution in [2.45, 2.75) is 39.2 Å². The van der Waals surface area contributed by atoms with Gasteiger partial charge in [0.1, 0.15) is 0 Å². The Morgan fingerprint density at radius 1 is 1.37 bits per heavy atom. The van der Waals surface area contributed by atoms with Crippen LogP contribution in [-0.2, 0) is 11.2 Å². The first-order chi connectivity index (χ1) is 8.99. The van der Waals surface area contributed by atoms with Gasteiger partial charge in [0.2, 0.25) is 5.91 Å². The molecule has 0 spiro atoms. The Labute approximate surface area is 117 Å². The van der Waals surface area contributed by atoms with Crippen LogP contribution in [0, 0.1) is 6.92 Å².